The molecule has 1 aliphatic carbocycles. The molecule has 1 N–H and O–H groups in total. The molecule has 0 radical (unpaired) electrons. The Bertz CT molecular complexity index is 500. The fourth-order valence-corrected chi connectivity index (χ4v) is 3.25. The van der Waals surface area contributed by atoms with Gasteiger partial charge < -0.3 is 14.8 Å². The lowest BCUT2D eigenvalue weighted by molar-refractivity contribution is -0.148. The van der Waals surface area contributed by atoms with Crippen molar-refractivity contribution in [2.24, 2.45) is 5.92 Å². The number of carbonyl (C=O) groups excluding carboxylic acids is 1. The van der Waals surface area contributed by atoms with Gasteiger partial charge in [0.2, 0.25) is 0 Å². The number of hydrogen-bond acceptors (Lipinski definition) is 3. The Kier molecular flexibility index (Phi) is 6.46. The third-order valence-corrected chi connectivity index (χ3v) is 4.38. The van der Waals surface area contributed by atoms with Gasteiger partial charge in [0, 0.05) is 12.3 Å². The maximum Gasteiger partial charge on any atom is 0.256 e. The van der Waals surface area contributed by atoms with Gasteiger partial charge in [-0.3, -0.25) is 4.79 Å². The van der Waals surface area contributed by atoms with Crippen LogP contribution in [0.3, 0.4) is 0 Å². The summed E-state index contributed by atoms with van der Waals surface area (Å²) in [6, 6.07) is 7.51. The van der Waals surface area contributed by atoms with Crippen LogP contribution in [-0.2, 0) is 9.53 Å². The second-order valence-corrected chi connectivity index (χ2v) is 6.46. The van der Waals surface area contributed by atoms with Gasteiger partial charge in [0.05, 0.1) is 6.61 Å². The van der Waals surface area contributed by atoms with Crippen molar-refractivity contribution >= 4 is 11.6 Å². The second kappa shape index (κ2) is 8.34. The van der Waals surface area contributed by atoms with E-state index in [9.17, 15) is 4.79 Å². The van der Waals surface area contributed by atoms with Crippen LogP contribution in [0.15, 0.2) is 24.3 Å². The highest BCUT2D eigenvalue weighted by Crippen LogP contribution is 2.36. The first-order chi connectivity index (χ1) is 11.1. The van der Waals surface area contributed by atoms with Crippen molar-refractivity contribution in [1.82, 2.24) is 0 Å². The van der Waals surface area contributed by atoms with Crippen LogP contribution in [0.1, 0.15) is 52.9 Å². The number of hydrogen-bond donors (Lipinski definition) is 1. The second-order valence-electron chi connectivity index (χ2n) is 6.46. The summed E-state index contributed by atoms with van der Waals surface area (Å²) < 4.78 is 11.5. The van der Waals surface area contributed by atoms with Crippen molar-refractivity contribution in [3.63, 3.8) is 0 Å². The van der Waals surface area contributed by atoms with Gasteiger partial charge in [0.15, 0.2) is 0 Å². The Morgan fingerprint density at radius 3 is 2.65 bits per heavy atom. The fraction of sp³-hybridized carbons (Fsp3) is 0.632. The summed E-state index contributed by atoms with van der Waals surface area (Å²) in [7, 11) is 0. The van der Waals surface area contributed by atoms with Crippen LogP contribution in [0.2, 0.25) is 0 Å². The first-order valence-corrected chi connectivity index (χ1v) is 8.78. The lowest BCUT2D eigenvalue weighted by Crippen LogP contribution is -2.48. The van der Waals surface area contributed by atoms with Crippen LogP contribution in [0.4, 0.5) is 5.69 Å². The molecule has 1 aromatic carbocycles. The van der Waals surface area contributed by atoms with Gasteiger partial charge in [-0.2, -0.15) is 0 Å². The Balaban J connectivity index is 2.07. The van der Waals surface area contributed by atoms with Crippen molar-refractivity contribution in [3.8, 4) is 5.75 Å². The zero-order valence-electron chi connectivity index (χ0n) is 14.6. The molecular formula is C19H29NO3. The molecule has 0 aromatic heterocycles. The van der Waals surface area contributed by atoms with E-state index in [4.69, 9.17) is 9.47 Å². The third-order valence-electron chi connectivity index (χ3n) is 4.38. The van der Waals surface area contributed by atoms with E-state index in [0.29, 0.717) is 19.1 Å². The highest BCUT2D eigenvalue weighted by Gasteiger charge is 2.42. The Labute approximate surface area is 139 Å². The van der Waals surface area contributed by atoms with E-state index in [1.54, 1.807) is 0 Å². The van der Waals surface area contributed by atoms with Crippen molar-refractivity contribution in [2.75, 3.05) is 18.5 Å². The molecule has 0 heterocycles. The minimum Gasteiger partial charge on any atom is -0.494 e. The molecule has 0 spiro atoms. The Morgan fingerprint density at radius 2 is 2.04 bits per heavy atom. The van der Waals surface area contributed by atoms with Gasteiger partial charge in [0.25, 0.3) is 5.91 Å². The molecule has 4 heteroatoms. The lowest BCUT2D eigenvalue weighted by atomic mass is 9.78. The summed E-state index contributed by atoms with van der Waals surface area (Å²) >= 11 is 0. The number of ether oxygens (including phenoxy) is 2. The highest BCUT2D eigenvalue weighted by atomic mass is 16.5. The molecule has 1 amide bonds. The number of nitrogens with one attached hydrogen (secondary N) is 1. The number of amides is 1. The fourth-order valence-electron chi connectivity index (χ4n) is 3.25. The largest absolute Gasteiger partial charge is 0.494 e. The van der Waals surface area contributed by atoms with Gasteiger partial charge in [-0.1, -0.05) is 20.3 Å². The van der Waals surface area contributed by atoms with Gasteiger partial charge in [-0.05, 0) is 62.8 Å². The molecule has 2 rings (SSSR count). The predicted molar refractivity (Wildman–Crippen MR) is 92.8 cm³/mol. The first kappa shape index (κ1) is 17.8. The maximum absolute atomic E-state index is 12.9. The number of anilines is 1. The average Bonchev–Trinajstić information content (AvgIpc) is 2.55. The topological polar surface area (TPSA) is 47.6 Å². The monoisotopic (exact) mass is 319 g/mol. The van der Waals surface area contributed by atoms with Gasteiger partial charge in [0.1, 0.15) is 11.4 Å². The minimum atomic E-state index is -0.674. The van der Waals surface area contributed by atoms with Crippen molar-refractivity contribution < 1.29 is 14.3 Å². The normalized spacial score (nSPS) is 24.2. The summed E-state index contributed by atoms with van der Waals surface area (Å²) in [5.41, 5.74) is 0.114. The van der Waals surface area contributed by atoms with Crippen molar-refractivity contribution in [3.05, 3.63) is 24.3 Å². The SMILES string of the molecule is CCCO[C@]1(C(=O)Nc2ccc(OCC)cc2)CCC[C@@H](C)C1. The maximum atomic E-state index is 12.9. The van der Waals surface area contributed by atoms with Crippen LogP contribution in [-0.4, -0.2) is 24.7 Å². The lowest BCUT2D eigenvalue weighted by Gasteiger charge is -2.38. The zero-order chi connectivity index (χ0) is 16.7. The van der Waals surface area contributed by atoms with Crippen LogP contribution in [0.5, 0.6) is 5.75 Å². The minimum absolute atomic E-state index is 0.0124. The third kappa shape index (κ3) is 4.71. The summed E-state index contributed by atoms with van der Waals surface area (Å²) in [5, 5.41) is 3.03. The Hall–Kier alpha value is -1.55. The van der Waals surface area contributed by atoms with E-state index in [1.165, 1.54) is 6.42 Å². The molecule has 4 nitrogen and oxygen atoms in total. The number of rotatable bonds is 7. The summed E-state index contributed by atoms with van der Waals surface area (Å²) in [6.07, 6.45) is 4.75. The van der Waals surface area contributed by atoms with E-state index >= 15 is 0 Å². The van der Waals surface area contributed by atoms with Crippen molar-refractivity contribution in [1.29, 1.82) is 0 Å². The quantitative estimate of drug-likeness (QED) is 0.810. The van der Waals surface area contributed by atoms with Gasteiger partial charge in [-0.15, -0.1) is 0 Å². The molecule has 0 aliphatic heterocycles. The number of carbonyl (C=O) groups is 1. The predicted octanol–water partition coefficient (Wildman–Crippen LogP) is 4.40. The zero-order valence-corrected chi connectivity index (χ0v) is 14.6. The van der Waals surface area contributed by atoms with Crippen molar-refractivity contribution in [2.45, 2.75) is 58.5 Å². The standard InChI is InChI=1S/C19H29NO3/c1-4-13-23-19(12-6-7-15(3)14-19)18(21)20-16-8-10-17(11-9-16)22-5-2/h8-11,15H,4-7,12-14H2,1-3H3,(H,20,21)/t15-,19-/m1/s1. The Morgan fingerprint density at radius 1 is 1.30 bits per heavy atom. The number of benzene rings is 1. The molecule has 0 unspecified atom stereocenters. The average molecular weight is 319 g/mol. The summed E-state index contributed by atoms with van der Waals surface area (Å²) in [5.74, 6) is 1.32. The van der Waals surface area contributed by atoms with E-state index in [2.05, 4.69) is 19.2 Å². The molecular weight excluding hydrogens is 290 g/mol. The molecule has 128 valence electrons. The molecule has 1 fully saturated rings. The van der Waals surface area contributed by atoms with Crippen LogP contribution >= 0.6 is 0 Å². The molecule has 1 saturated carbocycles. The first-order valence-electron chi connectivity index (χ1n) is 8.78. The molecule has 0 bridgehead atoms. The molecule has 2 atom stereocenters. The molecule has 23 heavy (non-hydrogen) atoms. The van der Waals surface area contributed by atoms with E-state index < -0.39 is 5.60 Å². The summed E-state index contributed by atoms with van der Waals surface area (Å²) in [4.78, 5) is 12.9. The smallest absolute Gasteiger partial charge is 0.256 e. The molecule has 1 aromatic rings. The van der Waals surface area contributed by atoms with Crippen LogP contribution < -0.4 is 10.1 Å². The highest BCUT2D eigenvalue weighted by molar-refractivity contribution is 5.97. The molecule has 0 saturated heterocycles. The van der Waals surface area contributed by atoms with Crippen LogP contribution in [0.25, 0.3) is 0 Å². The molecule has 1 aliphatic rings. The van der Waals surface area contributed by atoms with E-state index in [1.807, 2.05) is 31.2 Å². The van der Waals surface area contributed by atoms with E-state index in [0.717, 1.165) is 37.1 Å². The summed E-state index contributed by atoms with van der Waals surface area (Å²) in [6.45, 7) is 7.49. The van der Waals surface area contributed by atoms with Crippen LogP contribution in [0, 0.1) is 5.92 Å². The van der Waals surface area contributed by atoms with Gasteiger partial charge >= 0.3 is 0 Å². The van der Waals surface area contributed by atoms with E-state index in [-0.39, 0.29) is 5.91 Å². The van der Waals surface area contributed by atoms with Gasteiger partial charge in [-0.25, -0.2) is 0 Å².